The summed E-state index contributed by atoms with van der Waals surface area (Å²) in [6.45, 7) is 1.13. The number of amidine groups is 1. The number of carbonyl (C=O) groups is 1. The fourth-order valence-electron chi connectivity index (χ4n) is 2.03. The molecule has 0 bridgehead atoms. The Balaban J connectivity index is 1.65. The van der Waals surface area contributed by atoms with Crippen molar-refractivity contribution >= 4 is 38.8 Å². The molecule has 7 heteroatoms. The highest BCUT2D eigenvalue weighted by Gasteiger charge is 2.27. The van der Waals surface area contributed by atoms with Gasteiger partial charge in [0.25, 0.3) is 5.91 Å². The highest BCUT2D eigenvalue weighted by atomic mass is 79.9. The summed E-state index contributed by atoms with van der Waals surface area (Å²) in [5, 5.41) is 0.668. The zero-order valence-corrected chi connectivity index (χ0v) is 13.9. The van der Waals surface area contributed by atoms with E-state index in [0.29, 0.717) is 28.7 Å². The van der Waals surface area contributed by atoms with Crippen LogP contribution in [0, 0.1) is 5.82 Å². The molecule has 0 saturated heterocycles. The van der Waals surface area contributed by atoms with Crippen LogP contribution in [0.4, 0.5) is 4.39 Å². The van der Waals surface area contributed by atoms with E-state index in [2.05, 4.69) is 20.9 Å². The van der Waals surface area contributed by atoms with Gasteiger partial charge in [-0.3, -0.25) is 14.7 Å². The van der Waals surface area contributed by atoms with E-state index in [1.807, 2.05) is 0 Å². The summed E-state index contributed by atoms with van der Waals surface area (Å²) in [7, 11) is 0. The van der Waals surface area contributed by atoms with Crippen molar-refractivity contribution in [2.75, 3.05) is 13.1 Å². The number of benzene rings is 1. The average Bonchev–Trinajstić information content (AvgIpc) is 3.15. The van der Waals surface area contributed by atoms with Crippen molar-refractivity contribution in [3.63, 3.8) is 0 Å². The number of hydrogen-bond donors (Lipinski definition) is 0. The van der Waals surface area contributed by atoms with Crippen LogP contribution >= 0.6 is 27.7 Å². The van der Waals surface area contributed by atoms with Gasteiger partial charge in [0.1, 0.15) is 5.82 Å². The molecule has 0 aliphatic carbocycles. The van der Waals surface area contributed by atoms with Gasteiger partial charge in [0, 0.05) is 12.3 Å². The maximum atomic E-state index is 12.9. The van der Waals surface area contributed by atoms with Crippen LogP contribution in [0.3, 0.4) is 0 Å². The molecule has 114 valence electrons. The maximum Gasteiger partial charge on any atom is 0.295 e. The van der Waals surface area contributed by atoms with Crippen molar-refractivity contribution in [2.45, 2.75) is 5.75 Å². The predicted octanol–water partition coefficient (Wildman–Crippen LogP) is 3.93. The highest BCUT2D eigenvalue weighted by molar-refractivity contribution is 9.10. The van der Waals surface area contributed by atoms with E-state index in [0.717, 1.165) is 5.56 Å². The van der Waals surface area contributed by atoms with Crippen LogP contribution in [0.1, 0.15) is 16.1 Å². The number of nitrogens with zero attached hydrogens (tertiary/aromatic N) is 2. The van der Waals surface area contributed by atoms with Gasteiger partial charge in [-0.15, -0.1) is 0 Å². The minimum absolute atomic E-state index is 0.200. The van der Waals surface area contributed by atoms with Gasteiger partial charge in [0.15, 0.2) is 15.6 Å². The van der Waals surface area contributed by atoms with Crippen LogP contribution < -0.4 is 0 Å². The summed E-state index contributed by atoms with van der Waals surface area (Å²) in [5.74, 6) is 0.453. The second kappa shape index (κ2) is 6.66. The van der Waals surface area contributed by atoms with Crippen LogP contribution in [-0.2, 0) is 5.75 Å². The molecule has 1 aliphatic rings. The molecule has 0 saturated carbocycles. The Morgan fingerprint density at radius 2 is 2.09 bits per heavy atom. The van der Waals surface area contributed by atoms with E-state index in [-0.39, 0.29) is 17.5 Å². The fourth-order valence-corrected chi connectivity index (χ4v) is 3.34. The SMILES string of the molecule is O=C(c1ccc(Br)o1)N1CCN=C1SCc1ccc(F)cc1. The average molecular weight is 383 g/mol. The lowest BCUT2D eigenvalue weighted by Crippen LogP contribution is -2.32. The van der Waals surface area contributed by atoms with Gasteiger partial charge in [-0.2, -0.15) is 0 Å². The van der Waals surface area contributed by atoms with Crippen LogP contribution in [-0.4, -0.2) is 29.1 Å². The van der Waals surface area contributed by atoms with Gasteiger partial charge < -0.3 is 4.42 Å². The quantitative estimate of drug-likeness (QED) is 0.807. The number of halogens is 2. The molecular weight excluding hydrogens is 371 g/mol. The molecule has 1 aliphatic heterocycles. The van der Waals surface area contributed by atoms with E-state index >= 15 is 0 Å². The number of aliphatic imine (C=N–C) groups is 1. The lowest BCUT2D eigenvalue weighted by molar-refractivity contribution is 0.0829. The third kappa shape index (κ3) is 3.41. The van der Waals surface area contributed by atoms with E-state index in [1.54, 1.807) is 29.2 Å². The van der Waals surface area contributed by atoms with Gasteiger partial charge in [-0.05, 0) is 45.8 Å². The molecule has 2 aromatic rings. The van der Waals surface area contributed by atoms with E-state index in [1.165, 1.54) is 23.9 Å². The third-order valence-corrected chi connectivity index (χ3v) is 4.62. The Morgan fingerprint density at radius 3 is 2.77 bits per heavy atom. The minimum Gasteiger partial charge on any atom is -0.444 e. The summed E-state index contributed by atoms with van der Waals surface area (Å²) >= 11 is 4.65. The number of rotatable bonds is 3. The van der Waals surface area contributed by atoms with Crippen molar-refractivity contribution in [3.05, 3.63) is 58.2 Å². The van der Waals surface area contributed by atoms with Crippen molar-refractivity contribution in [2.24, 2.45) is 4.99 Å². The molecule has 0 unspecified atom stereocenters. The van der Waals surface area contributed by atoms with Gasteiger partial charge in [-0.25, -0.2) is 4.39 Å². The Hall–Kier alpha value is -1.60. The molecule has 0 fully saturated rings. The van der Waals surface area contributed by atoms with Gasteiger partial charge in [0.2, 0.25) is 0 Å². The summed E-state index contributed by atoms with van der Waals surface area (Å²) in [6.07, 6.45) is 0. The monoisotopic (exact) mass is 382 g/mol. The highest BCUT2D eigenvalue weighted by Crippen LogP contribution is 2.23. The van der Waals surface area contributed by atoms with E-state index < -0.39 is 0 Å². The zero-order valence-electron chi connectivity index (χ0n) is 11.5. The first-order valence-corrected chi connectivity index (χ1v) is 8.40. The standard InChI is InChI=1S/C15H12BrFN2O2S/c16-13-6-5-12(21-13)14(20)19-8-7-18-15(19)22-9-10-1-3-11(17)4-2-10/h1-6H,7-9H2. The van der Waals surface area contributed by atoms with Crippen molar-refractivity contribution in [1.82, 2.24) is 4.90 Å². The summed E-state index contributed by atoms with van der Waals surface area (Å²) < 4.78 is 18.7. The molecule has 0 atom stereocenters. The first-order valence-electron chi connectivity index (χ1n) is 6.62. The topological polar surface area (TPSA) is 45.8 Å². The number of amides is 1. The molecule has 0 spiro atoms. The van der Waals surface area contributed by atoms with Gasteiger partial charge in [-0.1, -0.05) is 23.9 Å². The van der Waals surface area contributed by atoms with Crippen molar-refractivity contribution in [1.29, 1.82) is 0 Å². The molecular formula is C15H12BrFN2O2S. The molecule has 1 aromatic heterocycles. The Bertz CT molecular complexity index is 715. The molecule has 22 heavy (non-hydrogen) atoms. The van der Waals surface area contributed by atoms with Crippen LogP contribution in [0.25, 0.3) is 0 Å². The summed E-state index contributed by atoms with van der Waals surface area (Å²) in [5.41, 5.74) is 0.981. The number of carbonyl (C=O) groups excluding carboxylic acids is 1. The van der Waals surface area contributed by atoms with E-state index in [4.69, 9.17) is 4.42 Å². The van der Waals surface area contributed by atoms with E-state index in [9.17, 15) is 9.18 Å². The van der Waals surface area contributed by atoms with Crippen molar-refractivity contribution < 1.29 is 13.6 Å². The van der Waals surface area contributed by atoms with Gasteiger partial charge >= 0.3 is 0 Å². The summed E-state index contributed by atoms with van der Waals surface area (Å²) in [4.78, 5) is 18.4. The molecule has 0 N–H and O–H groups in total. The Kier molecular flexibility index (Phi) is 4.63. The van der Waals surface area contributed by atoms with Gasteiger partial charge in [0.05, 0.1) is 6.54 Å². The normalized spacial score (nSPS) is 14.3. The number of furan rings is 1. The third-order valence-electron chi connectivity index (χ3n) is 3.11. The lowest BCUT2D eigenvalue weighted by atomic mass is 10.2. The molecule has 3 rings (SSSR count). The second-order valence-electron chi connectivity index (χ2n) is 4.64. The lowest BCUT2D eigenvalue weighted by Gasteiger charge is -2.16. The Labute approximate surface area is 139 Å². The first kappa shape index (κ1) is 15.3. The molecule has 4 nitrogen and oxygen atoms in total. The Morgan fingerprint density at radius 1 is 1.32 bits per heavy atom. The zero-order chi connectivity index (χ0) is 15.5. The molecule has 1 aromatic carbocycles. The molecule has 1 amide bonds. The van der Waals surface area contributed by atoms with Crippen LogP contribution in [0.2, 0.25) is 0 Å². The fraction of sp³-hybridized carbons (Fsp3) is 0.200. The second-order valence-corrected chi connectivity index (χ2v) is 6.36. The molecule has 2 heterocycles. The minimum atomic E-state index is -0.257. The first-order chi connectivity index (χ1) is 10.6. The van der Waals surface area contributed by atoms with Crippen LogP contribution in [0.15, 0.2) is 50.5 Å². The van der Waals surface area contributed by atoms with Crippen molar-refractivity contribution in [3.8, 4) is 0 Å². The maximum absolute atomic E-state index is 12.9. The smallest absolute Gasteiger partial charge is 0.295 e. The number of hydrogen-bond acceptors (Lipinski definition) is 4. The van der Waals surface area contributed by atoms with Crippen LogP contribution in [0.5, 0.6) is 0 Å². The largest absolute Gasteiger partial charge is 0.444 e. The predicted molar refractivity (Wildman–Crippen MR) is 87.4 cm³/mol. The molecule has 0 radical (unpaired) electrons. The number of thioether (sulfide) groups is 1. The summed E-state index contributed by atoms with van der Waals surface area (Å²) in [6, 6.07) is 9.63.